The zero-order valence-corrected chi connectivity index (χ0v) is 16.4. The van der Waals surface area contributed by atoms with Crippen molar-refractivity contribution in [2.75, 3.05) is 11.9 Å². The van der Waals surface area contributed by atoms with Crippen LogP contribution in [0.25, 0.3) is 0 Å². The molecule has 116 valence electrons. The average molecular weight is 387 g/mol. The molecule has 5 heteroatoms. The predicted octanol–water partition coefficient (Wildman–Crippen LogP) is 2.87. The molecular formula is C18H20NO3Y+2. The van der Waals surface area contributed by atoms with Gasteiger partial charge in [-0.1, -0.05) is 30.3 Å². The summed E-state index contributed by atoms with van der Waals surface area (Å²) >= 11 is 0. The van der Waals surface area contributed by atoms with Gasteiger partial charge in [-0.05, 0) is 26.0 Å². The molecule has 0 saturated heterocycles. The fourth-order valence-electron chi connectivity index (χ4n) is 1.77. The van der Waals surface area contributed by atoms with Crippen molar-refractivity contribution in [3.8, 4) is 5.75 Å². The van der Waals surface area contributed by atoms with Crippen molar-refractivity contribution < 1.29 is 47.3 Å². The van der Waals surface area contributed by atoms with E-state index < -0.39 is 11.5 Å². The van der Waals surface area contributed by atoms with Gasteiger partial charge in [0.2, 0.25) is 5.91 Å². The van der Waals surface area contributed by atoms with E-state index in [0.717, 1.165) is 11.1 Å². The van der Waals surface area contributed by atoms with Gasteiger partial charge in [0.05, 0.1) is 0 Å². The third-order valence-corrected chi connectivity index (χ3v) is 3.26. The average Bonchev–Trinajstić information content (AvgIpc) is 2.49. The molecule has 1 amide bonds. The quantitative estimate of drug-likeness (QED) is 0.776. The van der Waals surface area contributed by atoms with Crippen LogP contribution in [0.3, 0.4) is 0 Å². The minimum Gasteiger partial charge on any atom is -0.490 e. The molecule has 2 N–H and O–H groups in total. The van der Waals surface area contributed by atoms with E-state index in [1.54, 1.807) is 24.3 Å². The first-order valence-electron chi connectivity index (χ1n) is 7.08. The van der Waals surface area contributed by atoms with Gasteiger partial charge in [-0.2, -0.15) is 23.8 Å². The van der Waals surface area contributed by atoms with Crippen LogP contribution < -0.4 is 10.1 Å². The van der Waals surface area contributed by atoms with Crippen LogP contribution >= 0.6 is 0 Å². The van der Waals surface area contributed by atoms with Gasteiger partial charge < -0.3 is 15.2 Å². The maximum atomic E-state index is 12.1. The van der Waals surface area contributed by atoms with Gasteiger partial charge in [0.15, 0.2) is 5.60 Å². The summed E-state index contributed by atoms with van der Waals surface area (Å²) in [7, 11) is 0. The summed E-state index contributed by atoms with van der Waals surface area (Å²) in [4.78, 5) is 12.1. The molecular weight excluding hydrogens is 367 g/mol. The molecule has 0 heterocycles. The Kier molecular flexibility index (Phi) is 7.39. The second kappa shape index (κ2) is 8.58. The Labute approximate surface area is 162 Å². The largest absolute Gasteiger partial charge is 3.00 e. The summed E-state index contributed by atoms with van der Waals surface area (Å²) in [6.45, 7) is 5.19. The summed E-state index contributed by atoms with van der Waals surface area (Å²) in [6.07, 6.45) is 0. The first kappa shape index (κ1) is 19.8. The Morgan fingerprint density at radius 2 is 1.87 bits per heavy atom. The summed E-state index contributed by atoms with van der Waals surface area (Å²) in [5.41, 5.74) is 1.06. The third kappa shape index (κ3) is 6.06. The van der Waals surface area contributed by atoms with Gasteiger partial charge in [0.1, 0.15) is 12.4 Å². The van der Waals surface area contributed by atoms with Crippen molar-refractivity contribution >= 4 is 11.6 Å². The zero-order chi connectivity index (χ0) is 16.2. The number of aliphatic hydroxyl groups is 1. The molecule has 2 rings (SSSR count). The van der Waals surface area contributed by atoms with Crippen LogP contribution in [0, 0.1) is 19.9 Å². The number of carbonyl (C=O) groups excluding carboxylic acids is 1. The minimum absolute atomic E-state index is 0. The minimum atomic E-state index is -1.63. The van der Waals surface area contributed by atoms with E-state index in [0.29, 0.717) is 11.4 Å². The van der Waals surface area contributed by atoms with Crippen molar-refractivity contribution in [1.82, 2.24) is 0 Å². The Hall–Kier alpha value is -1.23. The normalized spacial score (nSPS) is 12.7. The number of aryl methyl sites for hydroxylation is 2. The summed E-state index contributed by atoms with van der Waals surface area (Å²) in [5, 5.41) is 12.9. The van der Waals surface area contributed by atoms with Crippen molar-refractivity contribution in [2.45, 2.75) is 26.4 Å². The molecule has 0 radical (unpaired) electrons. The molecule has 0 aliphatic carbocycles. The van der Waals surface area contributed by atoms with Gasteiger partial charge in [-0.15, -0.1) is 6.07 Å². The van der Waals surface area contributed by atoms with Crippen LogP contribution in [0.2, 0.25) is 0 Å². The molecule has 1 unspecified atom stereocenters. The number of hydrogen-bond donors (Lipinski definition) is 2. The molecule has 1 atom stereocenters. The Morgan fingerprint density at radius 3 is 2.43 bits per heavy atom. The molecule has 0 aliphatic rings. The van der Waals surface area contributed by atoms with Crippen LogP contribution in [-0.2, 0) is 37.5 Å². The molecule has 0 aromatic heterocycles. The maximum Gasteiger partial charge on any atom is 3.00 e. The first-order valence-corrected chi connectivity index (χ1v) is 7.08. The van der Waals surface area contributed by atoms with Crippen LogP contribution in [-0.4, -0.2) is 23.2 Å². The monoisotopic (exact) mass is 387 g/mol. The SMILES string of the molecule is Cc1[c-]cc(NC(=O)C(C)(O)COc2ccc(C)cc2)cc1.[Y+3]. The Balaban J connectivity index is 0.00000264. The second-order valence-corrected chi connectivity index (χ2v) is 5.59. The number of amides is 1. The topological polar surface area (TPSA) is 58.6 Å². The molecule has 0 saturated carbocycles. The molecule has 0 aliphatic heterocycles. The van der Waals surface area contributed by atoms with Crippen LogP contribution in [0.4, 0.5) is 5.69 Å². The van der Waals surface area contributed by atoms with Crippen molar-refractivity contribution in [3.05, 3.63) is 59.7 Å². The van der Waals surface area contributed by atoms with E-state index in [-0.39, 0.29) is 39.3 Å². The summed E-state index contributed by atoms with van der Waals surface area (Å²) in [6, 6.07) is 15.7. The number of anilines is 1. The molecule has 0 spiro atoms. The van der Waals surface area contributed by atoms with Gasteiger partial charge in [0.25, 0.3) is 0 Å². The van der Waals surface area contributed by atoms with Gasteiger partial charge in [0, 0.05) is 0 Å². The predicted molar refractivity (Wildman–Crippen MR) is 85.9 cm³/mol. The van der Waals surface area contributed by atoms with Crippen molar-refractivity contribution in [1.29, 1.82) is 0 Å². The third-order valence-electron chi connectivity index (χ3n) is 3.26. The van der Waals surface area contributed by atoms with Crippen molar-refractivity contribution in [3.63, 3.8) is 0 Å². The van der Waals surface area contributed by atoms with E-state index in [1.807, 2.05) is 32.0 Å². The maximum absolute atomic E-state index is 12.1. The molecule has 4 nitrogen and oxygen atoms in total. The van der Waals surface area contributed by atoms with E-state index >= 15 is 0 Å². The summed E-state index contributed by atoms with van der Waals surface area (Å²) < 4.78 is 5.49. The van der Waals surface area contributed by atoms with Crippen LogP contribution in [0.15, 0.2) is 42.5 Å². The van der Waals surface area contributed by atoms with Gasteiger partial charge in [-0.3, -0.25) is 4.79 Å². The Bertz CT molecular complexity index is 636. The van der Waals surface area contributed by atoms with Crippen LogP contribution in [0.1, 0.15) is 18.1 Å². The number of ether oxygens (including phenoxy) is 1. The number of carbonyl (C=O) groups is 1. The van der Waals surface area contributed by atoms with Crippen molar-refractivity contribution in [2.24, 2.45) is 0 Å². The molecule has 0 fully saturated rings. The summed E-state index contributed by atoms with van der Waals surface area (Å²) in [5.74, 6) is 0.0965. The number of nitrogens with one attached hydrogen (secondary N) is 1. The zero-order valence-electron chi connectivity index (χ0n) is 13.6. The molecule has 0 bridgehead atoms. The number of benzene rings is 2. The van der Waals surface area contributed by atoms with Crippen LogP contribution in [0.5, 0.6) is 5.75 Å². The molecule has 2 aromatic carbocycles. The molecule has 2 aromatic rings. The van der Waals surface area contributed by atoms with Gasteiger partial charge >= 0.3 is 32.7 Å². The van der Waals surface area contributed by atoms with E-state index in [2.05, 4.69) is 11.4 Å². The number of hydrogen-bond acceptors (Lipinski definition) is 3. The van der Waals surface area contributed by atoms with Gasteiger partial charge in [-0.25, -0.2) is 0 Å². The van der Waals surface area contributed by atoms with E-state index in [4.69, 9.17) is 4.74 Å². The van der Waals surface area contributed by atoms with E-state index in [9.17, 15) is 9.90 Å². The first-order chi connectivity index (χ1) is 10.4. The number of rotatable bonds is 5. The standard InChI is InChI=1S/C18H20NO3.Y/c1-13-4-8-15(9-5-13)19-17(20)18(3,21)12-22-16-10-6-14(2)7-11-16;/h4,6-11,21H,12H2,1-3H3,(H,19,20);/q-1;+3. The fourth-order valence-corrected chi connectivity index (χ4v) is 1.77. The van der Waals surface area contributed by atoms with E-state index in [1.165, 1.54) is 6.92 Å². The second-order valence-electron chi connectivity index (χ2n) is 5.59. The Morgan fingerprint density at radius 1 is 1.22 bits per heavy atom. The molecule has 23 heavy (non-hydrogen) atoms. The smallest absolute Gasteiger partial charge is 0.490 e. The fraction of sp³-hybridized carbons (Fsp3) is 0.278.